The van der Waals surface area contributed by atoms with Crippen LogP contribution >= 0.6 is 0 Å². The molecular weight excluding hydrogens is 257 g/mol. The lowest BCUT2D eigenvalue weighted by molar-refractivity contribution is -0.645. The number of benzene rings is 1. The van der Waals surface area contributed by atoms with Crippen LogP contribution in [0.25, 0.3) is 11.0 Å². The van der Waals surface area contributed by atoms with E-state index in [1.54, 1.807) is 6.07 Å². The van der Waals surface area contributed by atoms with Crippen molar-refractivity contribution in [3.8, 4) is 0 Å². The van der Waals surface area contributed by atoms with Gasteiger partial charge in [-0.05, 0) is 12.1 Å². The lowest BCUT2D eigenvalue weighted by Gasteiger charge is -2.03. The molecule has 8 heteroatoms. The van der Waals surface area contributed by atoms with Crippen molar-refractivity contribution in [2.75, 3.05) is 0 Å². The Kier molecular flexibility index (Phi) is 2.42. The Morgan fingerprint density at radius 2 is 1.82 bits per heavy atom. The summed E-state index contributed by atoms with van der Waals surface area (Å²) in [6.07, 6.45) is 0.896. The number of halogens is 3. The standard InChI is InChI=1S/C9H8F3N2O2S/c1-13-6-14(17(15,16)9(10,11)12)8-5-3-2-4-7(8)13/h2-6H,1H3/q+1. The molecule has 2 aromatic rings. The normalized spacial score (nSPS) is 13.2. The molecular formula is C9H8F3N2O2S+. The Balaban J connectivity index is 2.82. The second-order valence-corrected chi connectivity index (χ2v) is 5.27. The monoisotopic (exact) mass is 265 g/mol. The average molecular weight is 265 g/mol. The predicted octanol–water partition coefficient (Wildman–Crippen LogP) is 1.16. The van der Waals surface area contributed by atoms with Gasteiger partial charge in [0.2, 0.25) is 0 Å². The molecule has 0 aliphatic carbocycles. The van der Waals surface area contributed by atoms with E-state index in [1.807, 2.05) is 0 Å². The number of para-hydroxylation sites is 2. The number of aryl methyl sites for hydroxylation is 1. The minimum absolute atomic E-state index is 0.00711. The maximum atomic E-state index is 12.4. The van der Waals surface area contributed by atoms with Crippen molar-refractivity contribution in [1.29, 1.82) is 0 Å². The highest BCUT2D eigenvalue weighted by molar-refractivity contribution is 7.90. The van der Waals surface area contributed by atoms with Crippen LogP contribution in [0.2, 0.25) is 0 Å². The van der Waals surface area contributed by atoms with Crippen LogP contribution in [0.4, 0.5) is 13.2 Å². The number of alkyl halides is 3. The van der Waals surface area contributed by atoms with E-state index in [0.717, 1.165) is 6.33 Å². The predicted molar refractivity (Wildman–Crippen MR) is 53.5 cm³/mol. The SMILES string of the molecule is C[n+]1cn(S(=O)(=O)C(F)(F)F)c2ccccc21. The number of rotatable bonds is 1. The first kappa shape index (κ1) is 11.9. The molecule has 0 amide bonds. The Bertz CT molecular complexity index is 673. The van der Waals surface area contributed by atoms with Gasteiger partial charge in [0.25, 0.3) is 6.33 Å². The zero-order chi connectivity index (χ0) is 12.8. The van der Waals surface area contributed by atoms with E-state index in [2.05, 4.69) is 0 Å². The molecule has 0 N–H and O–H groups in total. The fourth-order valence-corrected chi connectivity index (χ4v) is 2.44. The maximum absolute atomic E-state index is 12.4. The van der Waals surface area contributed by atoms with E-state index < -0.39 is 15.5 Å². The van der Waals surface area contributed by atoms with Gasteiger partial charge in [-0.15, -0.1) is 3.97 Å². The van der Waals surface area contributed by atoms with E-state index in [9.17, 15) is 21.6 Å². The maximum Gasteiger partial charge on any atom is 0.537 e. The lowest BCUT2D eigenvalue weighted by atomic mass is 10.3. The molecule has 0 aliphatic heterocycles. The first-order valence-electron chi connectivity index (χ1n) is 4.53. The summed E-state index contributed by atoms with van der Waals surface area (Å²) in [5, 5.41) is 0. The molecule has 0 bridgehead atoms. The zero-order valence-corrected chi connectivity index (χ0v) is 9.46. The molecule has 0 atom stereocenters. The summed E-state index contributed by atoms with van der Waals surface area (Å²) < 4.78 is 61.5. The molecule has 0 fully saturated rings. The fourth-order valence-electron chi connectivity index (χ4n) is 1.53. The van der Waals surface area contributed by atoms with Crippen LogP contribution in [0.5, 0.6) is 0 Å². The summed E-state index contributed by atoms with van der Waals surface area (Å²) in [7, 11) is -3.91. The number of hydrogen-bond donors (Lipinski definition) is 0. The summed E-state index contributed by atoms with van der Waals surface area (Å²) in [5.74, 6) is 0. The van der Waals surface area contributed by atoms with Crippen LogP contribution in [0.3, 0.4) is 0 Å². The molecule has 0 aliphatic rings. The molecule has 4 nitrogen and oxygen atoms in total. The molecule has 0 radical (unpaired) electrons. The molecule has 1 heterocycles. The third-order valence-electron chi connectivity index (χ3n) is 2.33. The molecule has 0 saturated carbocycles. The van der Waals surface area contributed by atoms with Crippen molar-refractivity contribution in [2.45, 2.75) is 5.51 Å². The molecule has 1 aromatic heterocycles. The van der Waals surface area contributed by atoms with Gasteiger partial charge in [-0.2, -0.15) is 21.6 Å². The van der Waals surface area contributed by atoms with Gasteiger partial charge < -0.3 is 0 Å². The van der Waals surface area contributed by atoms with Crippen LogP contribution in [-0.4, -0.2) is 17.9 Å². The zero-order valence-electron chi connectivity index (χ0n) is 8.64. The van der Waals surface area contributed by atoms with Crippen LogP contribution < -0.4 is 4.57 Å². The van der Waals surface area contributed by atoms with Crippen molar-refractivity contribution in [3.05, 3.63) is 30.6 Å². The first-order chi connectivity index (χ1) is 7.75. The van der Waals surface area contributed by atoms with E-state index in [1.165, 1.54) is 29.8 Å². The average Bonchev–Trinajstić information content (AvgIpc) is 2.56. The molecule has 92 valence electrons. The topological polar surface area (TPSA) is 43.0 Å². The van der Waals surface area contributed by atoms with Crippen molar-refractivity contribution in [3.63, 3.8) is 0 Å². The van der Waals surface area contributed by atoms with Gasteiger partial charge in [0, 0.05) is 0 Å². The highest BCUT2D eigenvalue weighted by Crippen LogP contribution is 2.27. The molecule has 0 saturated heterocycles. The highest BCUT2D eigenvalue weighted by atomic mass is 32.2. The summed E-state index contributed by atoms with van der Waals surface area (Å²) >= 11 is 0. The Hall–Kier alpha value is -1.57. The largest absolute Gasteiger partial charge is 0.537 e. The van der Waals surface area contributed by atoms with Crippen LogP contribution in [-0.2, 0) is 17.1 Å². The van der Waals surface area contributed by atoms with Crippen LogP contribution in [0.15, 0.2) is 30.6 Å². The second kappa shape index (κ2) is 3.46. The number of hydrogen-bond acceptors (Lipinski definition) is 2. The Morgan fingerprint density at radius 3 is 2.41 bits per heavy atom. The van der Waals surface area contributed by atoms with Gasteiger partial charge in [0.05, 0.1) is 7.05 Å². The quantitative estimate of drug-likeness (QED) is 0.726. The van der Waals surface area contributed by atoms with Gasteiger partial charge >= 0.3 is 15.5 Å². The van der Waals surface area contributed by atoms with E-state index >= 15 is 0 Å². The van der Waals surface area contributed by atoms with Crippen molar-refractivity contribution < 1.29 is 26.2 Å². The first-order valence-corrected chi connectivity index (χ1v) is 5.97. The smallest absolute Gasteiger partial charge is 0.232 e. The number of fused-ring (bicyclic) bond motifs is 1. The van der Waals surface area contributed by atoms with Crippen LogP contribution in [0, 0.1) is 0 Å². The van der Waals surface area contributed by atoms with Gasteiger partial charge in [-0.1, -0.05) is 12.1 Å². The molecule has 0 spiro atoms. The number of imidazole rings is 1. The van der Waals surface area contributed by atoms with Crippen molar-refractivity contribution >= 4 is 21.1 Å². The number of nitrogens with zero attached hydrogens (tertiary/aromatic N) is 2. The van der Waals surface area contributed by atoms with Gasteiger partial charge in [-0.25, -0.2) is 4.57 Å². The van der Waals surface area contributed by atoms with Gasteiger partial charge in [0.15, 0.2) is 11.0 Å². The molecule has 1 aromatic carbocycles. The summed E-state index contributed by atoms with van der Waals surface area (Å²) in [6.45, 7) is 0. The minimum atomic E-state index is -5.39. The van der Waals surface area contributed by atoms with Crippen molar-refractivity contribution in [1.82, 2.24) is 3.97 Å². The fraction of sp³-hybridized carbons (Fsp3) is 0.222. The van der Waals surface area contributed by atoms with Crippen LogP contribution in [0.1, 0.15) is 0 Å². The highest BCUT2D eigenvalue weighted by Gasteiger charge is 2.52. The second-order valence-electron chi connectivity index (χ2n) is 3.46. The lowest BCUT2D eigenvalue weighted by Crippen LogP contribution is -2.31. The summed E-state index contributed by atoms with van der Waals surface area (Å²) in [4.78, 5) is 0. The summed E-state index contributed by atoms with van der Waals surface area (Å²) in [6, 6.07) is 5.95. The Labute approximate surface area is 94.9 Å². The third kappa shape index (κ3) is 1.68. The molecule has 17 heavy (non-hydrogen) atoms. The van der Waals surface area contributed by atoms with Crippen molar-refractivity contribution in [2.24, 2.45) is 7.05 Å². The van der Waals surface area contributed by atoms with E-state index in [-0.39, 0.29) is 9.49 Å². The third-order valence-corrected chi connectivity index (χ3v) is 3.72. The Morgan fingerprint density at radius 1 is 1.24 bits per heavy atom. The molecule has 2 rings (SSSR count). The minimum Gasteiger partial charge on any atom is -0.232 e. The van der Waals surface area contributed by atoms with Gasteiger partial charge in [0.1, 0.15) is 0 Å². The number of aromatic nitrogens is 2. The van der Waals surface area contributed by atoms with Gasteiger partial charge in [-0.3, -0.25) is 0 Å². The van der Waals surface area contributed by atoms with E-state index in [4.69, 9.17) is 0 Å². The van der Waals surface area contributed by atoms with E-state index in [0.29, 0.717) is 5.52 Å². The summed E-state index contributed by atoms with van der Waals surface area (Å²) in [5.41, 5.74) is -4.92. The molecule has 0 unspecified atom stereocenters.